The van der Waals surface area contributed by atoms with Gasteiger partial charge in [0.05, 0.1) is 0 Å². The van der Waals surface area contributed by atoms with Crippen molar-refractivity contribution < 1.29 is 23.9 Å². The molecule has 0 aromatic heterocycles. The van der Waals surface area contributed by atoms with Crippen LogP contribution in [0.4, 0.5) is 4.39 Å². The highest BCUT2D eigenvalue weighted by molar-refractivity contribution is 5.90. The number of halogens is 1. The average Bonchev–Trinajstić information content (AvgIpc) is 2.68. The molecule has 0 saturated heterocycles. The van der Waals surface area contributed by atoms with Crippen LogP contribution in [0.15, 0.2) is 60.7 Å². The van der Waals surface area contributed by atoms with Crippen LogP contribution >= 0.6 is 0 Å². The summed E-state index contributed by atoms with van der Waals surface area (Å²) >= 11 is 0. The lowest BCUT2D eigenvalue weighted by Crippen LogP contribution is -2.52. The molecule has 2 rings (SSSR count). The molecule has 0 heterocycles. The second-order valence-corrected chi connectivity index (χ2v) is 6.53. The van der Waals surface area contributed by atoms with Gasteiger partial charge < -0.3 is 15.7 Å². The zero-order chi connectivity index (χ0) is 21.2. The summed E-state index contributed by atoms with van der Waals surface area (Å²) in [6.45, 7) is 1.27. The lowest BCUT2D eigenvalue weighted by atomic mass is 10.0. The van der Waals surface area contributed by atoms with Gasteiger partial charge in [-0.1, -0.05) is 54.6 Å². The van der Waals surface area contributed by atoms with Gasteiger partial charge in [0.1, 0.15) is 17.9 Å². The standard InChI is InChI=1S/C22H23FN2O4/c1-15(26)24-20(14-17-10-12-18(23)13-11-17)21(27)25-19(22(28)29)9-5-8-16-6-3-2-4-7-16/h2-8,10-13,19-20H,9,14H2,1H3,(H,24,26)(H,25,27)(H,28,29)/b8-5+/t19-,20-/m0/s1. The van der Waals surface area contributed by atoms with Gasteiger partial charge in [-0.05, 0) is 29.7 Å². The maximum absolute atomic E-state index is 13.1. The van der Waals surface area contributed by atoms with Gasteiger partial charge in [0.2, 0.25) is 11.8 Å². The van der Waals surface area contributed by atoms with Crippen LogP contribution in [0.25, 0.3) is 6.08 Å². The molecule has 0 radical (unpaired) electrons. The van der Waals surface area contributed by atoms with E-state index in [1.807, 2.05) is 30.3 Å². The van der Waals surface area contributed by atoms with Gasteiger partial charge in [0, 0.05) is 13.3 Å². The van der Waals surface area contributed by atoms with Gasteiger partial charge in [-0.3, -0.25) is 9.59 Å². The first-order chi connectivity index (χ1) is 13.8. The maximum atomic E-state index is 13.1. The largest absolute Gasteiger partial charge is 0.480 e. The number of carbonyl (C=O) groups excluding carboxylic acids is 2. The Balaban J connectivity index is 2.04. The zero-order valence-electron chi connectivity index (χ0n) is 16.0. The molecule has 7 heteroatoms. The molecule has 29 heavy (non-hydrogen) atoms. The minimum atomic E-state index is -1.18. The highest BCUT2D eigenvalue weighted by atomic mass is 19.1. The number of carbonyl (C=O) groups is 3. The van der Waals surface area contributed by atoms with E-state index >= 15 is 0 Å². The summed E-state index contributed by atoms with van der Waals surface area (Å²) in [5, 5.41) is 14.4. The van der Waals surface area contributed by atoms with Crippen molar-refractivity contribution in [2.24, 2.45) is 0 Å². The molecular formula is C22H23FN2O4. The van der Waals surface area contributed by atoms with Crippen LogP contribution < -0.4 is 10.6 Å². The Hall–Kier alpha value is -3.48. The summed E-state index contributed by atoms with van der Waals surface area (Å²) < 4.78 is 13.1. The first-order valence-electron chi connectivity index (χ1n) is 9.11. The molecule has 0 saturated carbocycles. The van der Waals surface area contributed by atoms with Crippen molar-refractivity contribution in [1.29, 1.82) is 0 Å². The number of hydrogen-bond acceptors (Lipinski definition) is 3. The van der Waals surface area contributed by atoms with Crippen LogP contribution in [-0.4, -0.2) is 35.0 Å². The average molecular weight is 398 g/mol. The zero-order valence-corrected chi connectivity index (χ0v) is 16.0. The van der Waals surface area contributed by atoms with Crippen LogP contribution in [0.5, 0.6) is 0 Å². The smallest absolute Gasteiger partial charge is 0.326 e. The van der Waals surface area contributed by atoms with Crippen molar-refractivity contribution in [2.45, 2.75) is 31.8 Å². The molecule has 2 atom stereocenters. The molecule has 0 aliphatic rings. The molecule has 0 unspecified atom stereocenters. The van der Waals surface area contributed by atoms with E-state index in [0.717, 1.165) is 5.56 Å². The predicted octanol–water partition coefficient (Wildman–Crippen LogP) is 2.55. The van der Waals surface area contributed by atoms with Gasteiger partial charge in [-0.2, -0.15) is 0 Å². The first-order valence-corrected chi connectivity index (χ1v) is 9.11. The third-order valence-corrected chi connectivity index (χ3v) is 4.14. The molecule has 0 aliphatic carbocycles. The normalized spacial score (nSPS) is 12.9. The first kappa shape index (κ1) is 21.8. The molecule has 152 valence electrons. The van der Waals surface area contributed by atoms with Crippen LogP contribution in [0, 0.1) is 5.82 Å². The van der Waals surface area contributed by atoms with Crippen molar-refractivity contribution in [3.05, 3.63) is 77.6 Å². The summed E-state index contributed by atoms with van der Waals surface area (Å²) in [5.74, 6) is -2.64. The van der Waals surface area contributed by atoms with Crippen molar-refractivity contribution in [3.63, 3.8) is 0 Å². The summed E-state index contributed by atoms with van der Waals surface area (Å²) in [6, 6.07) is 12.8. The van der Waals surface area contributed by atoms with E-state index < -0.39 is 35.7 Å². The van der Waals surface area contributed by atoms with Crippen molar-refractivity contribution in [2.75, 3.05) is 0 Å². The third-order valence-electron chi connectivity index (χ3n) is 4.14. The quantitative estimate of drug-likeness (QED) is 0.605. The van der Waals surface area contributed by atoms with Crippen LogP contribution in [-0.2, 0) is 20.8 Å². The molecule has 0 aliphatic heterocycles. The molecule has 2 amide bonds. The predicted molar refractivity (Wildman–Crippen MR) is 107 cm³/mol. The minimum absolute atomic E-state index is 0.0826. The Morgan fingerprint density at radius 2 is 1.66 bits per heavy atom. The van der Waals surface area contributed by atoms with Gasteiger partial charge in [-0.15, -0.1) is 0 Å². The number of carboxylic acid groups (broad SMARTS) is 1. The van der Waals surface area contributed by atoms with Crippen LogP contribution in [0.2, 0.25) is 0 Å². The lowest BCUT2D eigenvalue weighted by Gasteiger charge is -2.20. The number of carboxylic acids is 1. The van der Waals surface area contributed by atoms with Crippen molar-refractivity contribution >= 4 is 23.9 Å². The Morgan fingerprint density at radius 1 is 1.00 bits per heavy atom. The van der Waals surface area contributed by atoms with E-state index in [2.05, 4.69) is 10.6 Å². The molecule has 0 spiro atoms. The van der Waals surface area contributed by atoms with Crippen LogP contribution in [0.1, 0.15) is 24.5 Å². The molecule has 3 N–H and O–H groups in total. The van der Waals surface area contributed by atoms with E-state index in [1.54, 1.807) is 12.2 Å². The number of amides is 2. The molecule has 0 fully saturated rings. The Morgan fingerprint density at radius 3 is 2.24 bits per heavy atom. The number of hydrogen-bond donors (Lipinski definition) is 3. The number of nitrogens with one attached hydrogen (secondary N) is 2. The van der Waals surface area contributed by atoms with E-state index in [1.165, 1.54) is 31.2 Å². The van der Waals surface area contributed by atoms with Gasteiger partial charge in [0.15, 0.2) is 0 Å². The molecule has 2 aromatic carbocycles. The topological polar surface area (TPSA) is 95.5 Å². The van der Waals surface area contributed by atoms with Crippen molar-refractivity contribution in [3.8, 4) is 0 Å². The highest BCUT2D eigenvalue weighted by Crippen LogP contribution is 2.08. The highest BCUT2D eigenvalue weighted by Gasteiger charge is 2.25. The Bertz CT molecular complexity index is 866. The van der Waals surface area contributed by atoms with E-state index in [0.29, 0.717) is 5.56 Å². The number of benzene rings is 2. The SMILES string of the molecule is CC(=O)N[C@@H](Cc1ccc(F)cc1)C(=O)N[C@@H](C/C=C/c1ccccc1)C(=O)O. The fraction of sp³-hybridized carbons (Fsp3) is 0.227. The fourth-order valence-electron chi connectivity index (χ4n) is 2.71. The Kier molecular flexibility index (Phi) is 8.09. The second-order valence-electron chi connectivity index (χ2n) is 6.53. The number of aliphatic carboxylic acids is 1. The molecule has 6 nitrogen and oxygen atoms in total. The van der Waals surface area contributed by atoms with Gasteiger partial charge >= 0.3 is 5.97 Å². The Labute approximate surface area is 168 Å². The lowest BCUT2D eigenvalue weighted by molar-refractivity contribution is -0.142. The van der Waals surface area contributed by atoms with E-state index in [4.69, 9.17) is 0 Å². The monoisotopic (exact) mass is 398 g/mol. The molecular weight excluding hydrogens is 375 g/mol. The maximum Gasteiger partial charge on any atom is 0.326 e. The fourth-order valence-corrected chi connectivity index (χ4v) is 2.71. The second kappa shape index (κ2) is 10.8. The molecule has 0 bridgehead atoms. The third kappa shape index (κ3) is 7.57. The van der Waals surface area contributed by atoms with Gasteiger partial charge in [0.25, 0.3) is 0 Å². The number of rotatable bonds is 9. The molecule has 2 aromatic rings. The summed E-state index contributed by atoms with van der Waals surface area (Å²) in [6.07, 6.45) is 3.63. The van der Waals surface area contributed by atoms with Gasteiger partial charge in [-0.25, -0.2) is 9.18 Å². The summed E-state index contributed by atoms with van der Waals surface area (Å²) in [4.78, 5) is 35.6. The van der Waals surface area contributed by atoms with E-state index in [-0.39, 0.29) is 12.8 Å². The van der Waals surface area contributed by atoms with E-state index in [9.17, 15) is 23.9 Å². The van der Waals surface area contributed by atoms with Crippen molar-refractivity contribution in [1.82, 2.24) is 10.6 Å². The minimum Gasteiger partial charge on any atom is -0.480 e. The summed E-state index contributed by atoms with van der Waals surface area (Å²) in [5.41, 5.74) is 1.55. The van der Waals surface area contributed by atoms with Crippen LogP contribution in [0.3, 0.4) is 0 Å². The summed E-state index contributed by atoms with van der Waals surface area (Å²) in [7, 11) is 0.